The molecule has 1 aromatic carbocycles. The second kappa shape index (κ2) is 7.45. The van der Waals surface area contributed by atoms with Gasteiger partial charge < -0.3 is 4.74 Å². The minimum atomic E-state index is 0.731. The molecule has 116 valence electrons. The highest BCUT2D eigenvalue weighted by Crippen LogP contribution is 2.32. The van der Waals surface area contributed by atoms with Crippen LogP contribution < -0.4 is 0 Å². The van der Waals surface area contributed by atoms with E-state index in [9.17, 15) is 0 Å². The molecule has 2 aliphatic rings. The predicted octanol–water partition coefficient (Wildman–Crippen LogP) is 5.34. The van der Waals surface area contributed by atoms with E-state index in [1.807, 2.05) is 0 Å². The van der Waals surface area contributed by atoms with Gasteiger partial charge >= 0.3 is 0 Å². The third-order valence-electron chi connectivity index (χ3n) is 5.62. The van der Waals surface area contributed by atoms with Crippen molar-refractivity contribution in [3.8, 4) is 0 Å². The van der Waals surface area contributed by atoms with Crippen LogP contribution in [0.25, 0.3) is 0 Å². The fourth-order valence-electron chi connectivity index (χ4n) is 4.02. The molecule has 1 heteroatoms. The molecular formula is C20H30O. The molecule has 0 spiro atoms. The summed E-state index contributed by atoms with van der Waals surface area (Å²) in [7, 11) is 0. The molecule has 1 aliphatic carbocycles. The van der Waals surface area contributed by atoms with Gasteiger partial charge in [-0.1, -0.05) is 56.9 Å². The summed E-state index contributed by atoms with van der Waals surface area (Å²) in [6, 6.07) is 9.39. The Labute approximate surface area is 130 Å². The molecule has 3 rings (SSSR count). The van der Waals surface area contributed by atoms with Gasteiger partial charge in [0.15, 0.2) is 0 Å². The Kier molecular flexibility index (Phi) is 5.35. The van der Waals surface area contributed by atoms with Crippen molar-refractivity contribution in [1.82, 2.24) is 0 Å². The van der Waals surface area contributed by atoms with Crippen LogP contribution in [-0.2, 0) is 11.2 Å². The molecule has 21 heavy (non-hydrogen) atoms. The Bertz CT molecular complexity index is 425. The van der Waals surface area contributed by atoms with Gasteiger partial charge in [0.1, 0.15) is 0 Å². The molecule has 1 nitrogen and oxygen atoms in total. The van der Waals surface area contributed by atoms with Gasteiger partial charge in [-0.3, -0.25) is 0 Å². The number of hydrogen-bond acceptors (Lipinski definition) is 1. The topological polar surface area (TPSA) is 9.23 Å². The van der Waals surface area contributed by atoms with E-state index in [-0.39, 0.29) is 0 Å². The fourth-order valence-corrected chi connectivity index (χ4v) is 4.02. The van der Waals surface area contributed by atoms with Crippen LogP contribution in [0.3, 0.4) is 0 Å². The van der Waals surface area contributed by atoms with Gasteiger partial charge in [0.05, 0.1) is 0 Å². The molecule has 0 N–H and O–H groups in total. The number of rotatable bonds is 4. The SMILES string of the molecule is CC1CCC(CCc2cccc(C3CCOCC3)c2)CC1. The van der Waals surface area contributed by atoms with E-state index in [0.717, 1.165) is 31.0 Å². The molecule has 2 fully saturated rings. The number of aryl methyl sites for hydroxylation is 1. The molecule has 0 unspecified atom stereocenters. The highest BCUT2D eigenvalue weighted by atomic mass is 16.5. The lowest BCUT2D eigenvalue weighted by molar-refractivity contribution is 0.0853. The average molecular weight is 286 g/mol. The van der Waals surface area contributed by atoms with E-state index >= 15 is 0 Å². The smallest absolute Gasteiger partial charge is 0.0471 e. The predicted molar refractivity (Wildman–Crippen MR) is 88.7 cm³/mol. The van der Waals surface area contributed by atoms with Gasteiger partial charge in [0, 0.05) is 13.2 Å². The zero-order chi connectivity index (χ0) is 14.5. The number of hydrogen-bond donors (Lipinski definition) is 0. The van der Waals surface area contributed by atoms with Crippen molar-refractivity contribution < 1.29 is 4.74 Å². The van der Waals surface area contributed by atoms with Crippen LogP contribution in [-0.4, -0.2) is 13.2 Å². The van der Waals surface area contributed by atoms with Crippen LogP contribution in [0, 0.1) is 11.8 Å². The monoisotopic (exact) mass is 286 g/mol. The zero-order valence-electron chi connectivity index (χ0n) is 13.5. The Morgan fingerprint density at radius 1 is 1.00 bits per heavy atom. The second-order valence-corrected chi connectivity index (χ2v) is 7.30. The van der Waals surface area contributed by atoms with Gasteiger partial charge in [0.25, 0.3) is 0 Å². The zero-order valence-corrected chi connectivity index (χ0v) is 13.5. The van der Waals surface area contributed by atoms with E-state index in [0.29, 0.717) is 0 Å². The first-order valence-corrected chi connectivity index (χ1v) is 8.98. The third-order valence-corrected chi connectivity index (χ3v) is 5.62. The van der Waals surface area contributed by atoms with Crippen LogP contribution in [0.4, 0.5) is 0 Å². The summed E-state index contributed by atoms with van der Waals surface area (Å²) in [6.45, 7) is 4.29. The summed E-state index contributed by atoms with van der Waals surface area (Å²) in [5.74, 6) is 2.68. The first-order valence-electron chi connectivity index (χ1n) is 8.98. The van der Waals surface area contributed by atoms with Gasteiger partial charge in [-0.15, -0.1) is 0 Å². The lowest BCUT2D eigenvalue weighted by atomic mass is 9.80. The van der Waals surface area contributed by atoms with Crippen LogP contribution >= 0.6 is 0 Å². The van der Waals surface area contributed by atoms with Crippen LogP contribution in [0.1, 0.15) is 68.9 Å². The maximum Gasteiger partial charge on any atom is 0.0471 e. The van der Waals surface area contributed by atoms with Crippen molar-refractivity contribution in [1.29, 1.82) is 0 Å². The highest BCUT2D eigenvalue weighted by molar-refractivity contribution is 5.27. The van der Waals surface area contributed by atoms with Crippen molar-refractivity contribution in [2.75, 3.05) is 13.2 Å². The van der Waals surface area contributed by atoms with Gasteiger partial charge in [-0.2, -0.15) is 0 Å². The number of benzene rings is 1. The van der Waals surface area contributed by atoms with E-state index < -0.39 is 0 Å². The summed E-state index contributed by atoms with van der Waals surface area (Å²) >= 11 is 0. The quantitative estimate of drug-likeness (QED) is 0.726. The van der Waals surface area contributed by atoms with Crippen molar-refractivity contribution in [2.24, 2.45) is 11.8 Å². The van der Waals surface area contributed by atoms with Crippen molar-refractivity contribution in [3.05, 3.63) is 35.4 Å². The Morgan fingerprint density at radius 2 is 1.76 bits per heavy atom. The van der Waals surface area contributed by atoms with Gasteiger partial charge in [-0.05, 0) is 54.6 Å². The standard InChI is InChI=1S/C20H30O/c1-16-5-7-17(8-6-16)9-10-18-3-2-4-20(15-18)19-11-13-21-14-12-19/h2-4,15-17,19H,5-14H2,1H3. The minimum Gasteiger partial charge on any atom is -0.381 e. The summed E-state index contributed by atoms with van der Waals surface area (Å²) in [5, 5.41) is 0. The van der Waals surface area contributed by atoms with Crippen LogP contribution in [0.2, 0.25) is 0 Å². The summed E-state index contributed by atoms with van der Waals surface area (Å²) in [6.07, 6.45) is 10.9. The summed E-state index contributed by atoms with van der Waals surface area (Å²) < 4.78 is 5.49. The van der Waals surface area contributed by atoms with Gasteiger partial charge in [-0.25, -0.2) is 0 Å². The third kappa shape index (κ3) is 4.32. The molecule has 1 aliphatic heterocycles. The lowest BCUT2D eigenvalue weighted by Crippen LogP contribution is -2.14. The normalized spacial score (nSPS) is 27.7. The Morgan fingerprint density at radius 3 is 2.52 bits per heavy atom. The fraction of sp³-hybridized carbons (Fsp3) is 0.700. The molecule has 0 amide bonds. The minimum absolute atomic E-state index is 0.731. The molecule has 0 bridgehead atoms. The van der Waals surface area contributed by atoms with Crippen molar-refractivity contribution >= 4 is 0 Å². The molecule has 1 saturated heterocycles. The Hall–Kier alpha value is -0.820. The molecule has 1 aromatic rings. The highest BCUT2D eigenvalue weighted by Gasteiger charge is 2.19. The summed E-state index contributed by atoms with van der Waals surface area (Å²) in [4.78, 5) is 0. The molecular weight excluding hydrogens is 256 g/mol. The first-order chi connectivity index (χ1) is 10.3. The maximum atomic E-state index is 5.49. The molecule has 0 aromatic heterocycles. The summed E-state index contributed by atoms with van der Waals surface area (Å²) in [5.41, 5.74) is 3.10. The molecule has 1 saturated carbocycles. The van der Waals surface area contributed by atoms with Gasteiger partial charge in [0.2, 0.25) is 0 Å². The van der Waals surface area contributed by atoms with Crippen molar-refractivity contribution in [3.63, 3.8) is 0 Å². The molecule has 1 heterocycles. The first kappa shape index (κ1) is 15.1. The van der Waals surface area contributed by atoms with Crippen molar-refractivity contribution in [2.45, 2.75) is 64.2 Å². The van der Waals surface area contributed by atoms with E-state index in [4.69, 9.17) is 4.74 Å². The Balaban J connectivity index is 1.53. The second-order valence-electron chi connectivity index (χ2n) is 7.30. The molecule has 0 radical (unpaired) electrons. The molecule has 0 atom stereocenters. The maximum absolute atomic E-state index is 5.49. The largest absolute Gasteiger partial charge is 0.381 e. The van der Waals surface area contributed by atoms with Crippen LogP contribution in [0.5, 0.6) is 0 Å². The van der Waals surface area contributed by atoms with E-state index in [1.54, 1.807) is 11.1 Å². The van der Waals surface area contributed by atoms with Crippen LogP contribution in [0.15, 0.2) is 24.3 Å². The average Bonchev–Trinajstić information content (AvgIpc) is 2.55. The lowest BCUT2D eigenvalue weighted by Gasteiger charge is -2.26. The van der Waals surface area contributed by atoms with E-state index in [2.05, 4.69) is 31.2 Å². The van der Waals surface area contributed by atoms with E-state index in [1.165, 1.54) is 51.4 Å². The number of ether oxygens (including phenoxy) is 1.